The van der Waals surface area contributed by atoms with Crippen LogP contribution in [0.1, 0.15) is 17.2 Å². The van der Waals surface area contributed by atoms with E-state index >= 15 is 0 Å². The summed E-state index contributed by atoms with van der Waals surface area (Å²) < 4.78 is 30.4. The number of hydrogen-bond acceptors (Lipinski definition) is 8. The number of aliphatic hydroxyl groups is 1. The van der Waals surface area contributed by atoms with Gasteiger partial charge in [-0.05, 0) is 24.3 Å². The van der Waals surface area contributed by atoms with Crippen LogP contribution in [0.4, 0.5) is 10.2 Å². The second-order valence-corrected chi connectivity index (χ2v) is 6.93. The Morgan fingerprint density at radius 1 is 1.33 bits per heavy atom. The van der Waals surface area contributed by atoms with Gasteiger partial charge in [0.2, 0.25) is 0 Å². The third-order valence-corrected chi connectivity index (χ3v) is 4.89. The number of nitriles is 1. The quantitative estimate of drug-likeness (QED) is 0.652. The van der Waals surface area contributed by atoms with E-state index in [2.05, 4.69) is 16.5 Å². The first-order chi connectivity index (χ1) is 14.5. The van der Waals surface area contributed by atoms with Crippen LogP contribution in [0, 0.1) is 11.3 Å². The average Bonchev–Trinajstić information content (AvgIpc) is 2.74. The van der Waals surface area contributed by atoms with Crippen molar-refractivity contribution in [2.75, 3.05) is 39.4 Å². The Morgan fingerprint density at radius 3 is 2.70 bits per heavy atom. The first kappa shape index (κ1) is 21.7. The minimum absolute atomic E-state index is 0.0361. The standard InChI is InChI=1S/C20H23FN4O5/c1-28-11-20(12-29-2)19(27)18(14-9-13(10-22)3-4-15(14)30-20)23-16-5-6-17(26)25(24-16)8-7-21/h3-6,9,18-19,27H,7-8,11-12H2,1-2H3,(H,23,24)/t18-,19+/m1/s1. The van der Waals surface area contributed by atoms with Crippen molar-refractivity contribution in [2.24, 2.45) is 0 Å². The highest BCUT2D eigenvalue weighted by molar-refractivity contribution is 5.50. The lowest BCUT2D eigenvalue weighted by atomic mass is 9.84. The SMILES string of the molecule is COCC1(COC)Oc2ccc(C#N)cc2[C@@H](Nc2ccc(=O)n(CCF)n2)[C@@H]1O. The van der Waals surface area contributed by atoms with Gasteiger partial charge < -0.3 is 24.6 Å². The van der Waals surface area contributed by atoms with E-state index in [9.17, 15) is 19.6 Å². The molecule has 1 aliphatic heterocycles. The topological polar surface area (TPSA) is 119 Å². The monoisotopic (exact) mass is 418 g/mol. The maximum atomic E-state index is 12.7. The molecule has 3 rings (SSSR count). The Bertz CT molecular complexity index is 984. The first-order valence-corrected chi connectivity index (χ1v) is 9.27. The van der Waals surface area contributed by atoms with E-state index in [0.717, 1.165) is 4.68 Å². The van der Waals surface area contributed by atoms with E-state index in [1.54, 1.807) is 18.2 Å². The van der Waals surface area contributed by atoms with Gasteiger partial charge in [0.1, 0.15) is 24.3 Å². The number of nitrogens with zero attached hydrogens (tertiary/aromatic N) is 3. The predicted molar refractivity (Wildman–Crippen MR) is 105 cm³/mol. The number of rotatable bonds is 8. The Morgan fingerprint density at radius 2 is 2.07 bits per heavy atom. The normalized spacial score (nSPS) is 19.4. The number of anilines is 1. The largest absolute Gasteiger partial charge is 0.479 e. The van der Waals surface area contributed by atoms with Crippen LogP contribution in [0.5, 0.6) is 5.75 Å². The lowest BCUT2D eigenvalue weighted by Crippen LogP contribution is -2.60. The molecule has 0 amide bonds. The molecule has 0 spiro atoms. The molecule has 0 unspecified atom stereocenters. The van der Waals surface area contributed by atoms with E-state index in [1.807, 2.05) is 0 Å². The zero-order chi connectivity index (χ0) is 21.7. The molecule has 0 saturated heterocycles. The number of halogens is 1. The summed E-state index contributed by atoms with van der Waals surface area (Å²) in [7, 11) is 2.97. The number of fused-ring (bicyclic) bond motifs is 1. The molecule has 2 atom stereocenters. The van der Waals surface area contributed by atoms with Crippen LogP contribution in [0.3, 0.4) is 0 Å². The molecule has 1 aromatic carbocycles. The minimum atomic E-state index is -1.23. The van der Waals surface area contributed by atoms with Gasteiger partial charge in [-0.2, -0.15) is 10.4 Å². The van der Waals surface area contributed by atoms with E-state index in [-0.39, 0.29) is 25.6 Å². The van der Waals surface area contributed by atoms with Crippen molar-refractivity contribution in [2.45, 2.75) is 24.3 Å². The molecule has 10 heteroatoms. The average molecular weight is 418 g/mol. The van der Waals surface area contributed by atoms with Gasteiger partial charge in [-0.25, -0.2) is 9.07 Å². The number of aryl methyl sites for hydroxylation is 1. The molecule has 0 fully saturated rings. The van der Waals surface area contributed by atoms with Crippen LogP contribution in [0.15, 0.2) is 35.1 Å². The molecule has 9 nitrogen and oxygen atoms in total. The molecule has 2 heterocycles. The van der Waals surface area contributed by atoms with Crippen LogP contribution in [0.25, 0.3) is 0 Å². The summed E-state index contributed by atoms with van der Waals surface area (Å²) in [5.74, 6) is 0.703. The molecule has 2 aromatic rings. The molecular formula is C20H23FN4O5. The van der Waals surface area contributed by atoms with Crippen molar-refractivity contribution in [1.82, 2.24) is 9.78 Å². The fourth-order valence-electron chi connectivity index (χ4n) is 3.55. The van der Waals surface area contributed by atoms with Crippen molar-refractivity contribution in [1.29, 1.82) is 5.26 Å². The Kier molecular flexibility index (Phi) is 6.66. The summed E-state index contributed by atoms with van der Waals surface area (Å²) >= 11 is 0. The van der Waals surface area contributed by atoms with Gasteiger partial charge in [0, 0.05) is 25.8 Å². The molecular weight excluding hydrogens is 395 g/mol. The number of alkyl halides is 1. The second-order valence-electron chi connectivity index (χ2n) is 6.93. The molecule has 0 aliphatic carbocycles. The van der Waals surface area contributed by atoms with E-state index in [0.29, 0.717) is 16.9 Å². The van der Waals surface area contributed by atoms with Gasteiger partial charge in [-0.1, -0.05) is 0 Å². The Balaban J connectivity index is 2.07. The summed E-state index contributed by atoms with van der Waals surface area (Å²) in [5, 5.41) is 27.7. The Hall–Kier alpha value is -3.00. The number of aromatic nitrogens is 2. The first-order valence-electron chi connectivity index (χ1n) is 9.27. The highest BCUT2D eigenvalue weighted by Crippen LogP contribution is 2.42. The van der Waals surface area contributed by atoms with Gasteiger partial charge >= 0.3 is 0 Å². The van der Waals surface area contributed by atoms with Crippen LogP contribution >= 0.6 is 0 Å². The van der Waals surface area contributed by atoms with Crippen LogP contribution in [0.2, 0.25) is 0 Å². The maximum absolute atomic E-state index is 12.7. The van der Waals surface area contributed by atoms with Crippen molar-refractivity contribution >= 4 is 5.82 Å². The van der Waals surface area contributed by atoms with Gasteiger partial charge in [-0.3, -0.25) is 4.79 Å². The van der Waals surface area contributed by atoms with Gasteiger partial charge in [0.15, 0.2) is 5.60 Å². The van der Waals surface area contributed by atoms with Crippen LogP contribution < -0.4 is 15.6 Å². The summed E-state index contributed by atoms with van der Waals surface area (Å²) in [4.78, 5) is 11.8. The van der Waals surface area contributed by atoms with Crippen LogP contribution in [-0.2, 0) is 16.0 Å². The number of benzene rings is 1. The third-order valence-electron chi connectivity index (χ3n) is 4.89. The smallest absolute Gasteiger partial charge is 0.266 e. The highest BCUT2D eigenvalue weighted by atomic mass is 19.1. The minimum Gasteiger partial charge on any atom is -0.479 e. The van der Waals surface area contributed by atoms with Gasteiger partial charge in [0.05, 0.1) is 37.4 Å². The number of hydrogen-bond donors (Lipinski definition) is 2. The molecule has 160 valence electrons. The highest BCUT2D eigenvalue weighted by Gasteiger charge is 2.50. The van der Waals surface area contributed by atoms with Crippen molar-refractivity contribution < 1.29 is 23.7 Å². The lowest BCUT2D eigenvalue weighted by molar-refractivity contribution is -0.142. The molecule has 1 aromatic heterocycles. The number of methoxy groups -OCH3 is 2. The molecule has 2 N–H and O–H groups in total. The summed E-state index contributed by atoms with van der Waals surface area (Å²) in [6, 6.07) is 8.87. The van der Waals surface area contributed by atoms with E-state index in [1.165, 1.54) is 26.4 Å². The van der Waals surface area contributed by atoms with Crippen LogP contribution in [-0.4, -0.2) is 60.7 Å². The Labute approximate surface area is 172 Å². The van der Waals surface area contributed by atoms with Crippen molar-refractivity contribution in [3.63, 3.8) is 0 Å². The molecule has 1 aliphatic rings. The van der Waals surface area contributed by atoms with Gasteiger partial charge in [0.25, 0.3) is 5.56 Å². The zero-order valence-electron chi connectivity index (χ0n) is 16.7. The van der Waals surface area contributed by atoms with Crippen molar-refractivity contribution in [3.05, 3.63) is 51.8 Å². The second kappa shape index (κ2) is 9.21. The number of nitrogens with one attached hydrogen (secondary N) is 1. The lowest BCUT2D eigenvalue weighted by Gasteiger charge is -2.45. The maximum Gasteiger partial charge on any atom is 0.266 e. The molecule has 0 saturated carbocycles. The summed E-state index contributed by atoms with van der Waals surface area (Å²) in [5.41, 5.74) is -0.742. The predicted octanol–water partition coefficient (Wildman–Crippen LogP) is 1.02. The molecule has 0 bridgehead atoms. The fraction of sp³-hybridized carbons (Fsp3) is 0.450. The summed E-state index contributed by atoms with van der Waals surface area (Å²) in [6.07, 6.45) is -1.16. The number of aliphatic hydroxyl groups excluding tert-OH is 1. The molecule has 0 radical (unpaired) electrons. The third kappa shape index (κ3) is 4.14. The van der Waals surface area contributed by atoms with Gasteiger partial charge in [-0.15, -0.1) is 0 Å². The summed E-state index contributed by atoms with van der Waals surface area (Å²) in [6.45, 7) is -0.852. The fourth-order valence-corrected chi connectivity index (χ4v) is 3.55. The van der Waals surface area contributed by atoms with E-state index < -0.39 is 30.0 Å². The van der Waals surface area contributed by atoms with Crippen molar-refractivity contribution in [3.8, 4) is 11.8 Å². The van der Waals surface area contributed by atoms with E-state index in [4.69, 9.17) is 14.2 Å². The number of ether oxygens (including phenoxy) is 3. The zero-order valence-corrected chi connectivity index (χ0v) is 16.7. The molecule has 30 heavy (non-hydrogen) atoms.